The standard InChI is InChI=1S/C48H47B2NO5.C45H28N4O.C9H5Cl2N3.FH/c1-45(2)46(3,4)54-49(53-45)36-19-11-15-32(27-36)34-17-13-21-38(29-34)51(40-25-26-42-41-23-9-10-24-43(41)52-44(42)31-40)39-22-14-18-35(30-39)33-16-12-20-37(28-33)50-55-47(5,6)48(7,8)56-50;1-2-10-29(11-3-1)43-46-44-34-16-6-12-30(24-34)32-14-8-18-36(26-32)49(38-22-23-40-39-20-4-5-21-41(39)50-42(40)28-38)37-19-9-15-33(27-37)31-13-7-17-35(25-31)45(47-43)48-44;10-8-12-7(13-9(11)14-8)6-4-2-1-3-5-6;/h9-31H,1-8H3;1-28H;1-5H;1H. The lowest BCUT2D eigenvalue weighted by atomic mass is 9.78. The molecule has 14 nitrogen and oxygen atoms in total. The van der Waals surface area contributed by atoms with Gasteiger partial charge >= 0.3 is 14.2 Å². The number of hydrogen-bond donors (Lipinski definition) is 0. The molecule has 121 heavy (non-hydrogen) atoms. The maximum absolute atomic E-state index is 6.42. The van der Waals surface area contributed by atoms with Gasteiger partial charge in [-0.3, -0.25) is 4.70 Å². The van der Waals surface area contributed by atoms with Gasteiger partial charge in [-0.15, -0.1) is 0 Å². The molecule has 0 N–H and O–H groups in total. The summed E-state index contributed by atoms with van der Waals surface area (Å²) in [4.78, 5) is 31.2. The second kappa shape index (κ2) is 32.1. The fourth-order valence-corrected chi connectivity index (χ4v) is 16.0. The SMILES string of the molecule is CC1(C)OB(c2cccc(-c3cccc(N(c4cccc(-c5cccc(B6OC(C)(C)C(C)(C)O6)c5)c4)c4ccc5c(c4)oc4ccccc45)c3)c2)OC1(C)C.Clc1nc(Cl)nc(-c2ccccc2)n1.F.c1ccc(-c2nc3nc(n2)-c2cccc(c2)-c2cccc(c2)N(c2ccc4c(c2)oc2ccccc24)c2cccc(c2)-c2cccc-3c2)cc1. The van der Waals surface area contributed by atoms with Crippen LogP contribution in [-0.4, -0.2) is 66.5 Å². The van der Waals surface area contributed by atoms with E-state index in [0.29, 0.717) is 23.3 Å². The minimum absolute atomic E-state index is 0. The highest BCUT2D eigenvalue weighted by Gasteiger charge is 2.53. The van der Waals surface area contributed by atoms with Gasteiger partial charge in [-0.1, -0.05) is 231 Å². The van der Waals surface area contributed by atoms with Crippen molar-refractivity contribution in [2.45, 2.75) is 77.8 Å². The van der Waals surface area contributed by atoms with E-state index in [4.69, 9.17) is 65.6 Å². The van der Waals surface area contributed by atoms with Crippen molar-refractivity contribution in [2.75, 3.05) is 9.80 Å². The van der Waals surface area contributed by atoms with E-state index in [2.05, 4.69) is 335 Å². The Balaban J connectivity index is 0.000000142. The number of furan rings is 2. The molecule has 10 bridgehead atoms. The van der Waals surface area contributed by atoms with E-state index in [1.54, 1.807) is 0 Å². The molecule has 14 aromatic carbocycles. The van der Waals surface area contributed by atoms with Crippen molar-refractivity contribution in [3.05, 3.63) is 350 Å². The molecule has 0 amide bonds. The minimum Gasteiger partial charge on any atom is -0.456 e. The normalized spacial score (nSPS) is 14.5. The Kier molecular flexibility index (Phi) is 21.0. The molecule has 2 saturated heterocycles. The van der Waals surface area contributed by atoms with Crippen LogP contribution in [0, 0.1) is 0 Å². The number of anilines is 6. The summed E-state index contributed by atoms with van der Waals surface area (Å²) in [5.74, 6) is 2.39. The fourth-order valence-electron chi connectivity index (χ4n) is 15.7. The zero-order valence-corrected chi connectivity index (χ0v) is 69.2. The number of fused-ring (bicyclic) bond motifs is 20. The maximum Gasteiger partial charge on any atom is 0.494 e. The average molecular weight is 1630 g/mol. The molecule has 19 heteroatoms. The molecule has 3 aliphatic rings. The van der Waals surface area contributed by atoms with Gasteiger partial charge in [0.15, 0.2) is 23.3 Å². The highest BCUT2D eigenvalue weighted by atomic mass is 35.5. The van der Waals surface area contributed by atoms with Gasteiger partial charge in [0.05, 0.1) is 22.4 Å². The summed E-state index contributed by atoms with van der Waals surface area (Å²) in [6.07, 6.45) is 0. The predicted octanol–water partition coefficient (Wildman–Crippen LogP) is 25.9. The number of para-hydroxylation sites is 2. The molecule has 0 unspecified atom stereocenters. The van der Waals surface area contributed by atoms with Crippen LogP contribution in [0.25, 0.3) is 134 Å². The first-order chi connectivity index (χ1) is 58.2. The van der Waals surface area contributed by atoms with Crippen LogP contribution in [0.5, 0.6) is 0 Å². The van der Waals surface area contributed by atoms with Crippen LogP contribution in [0.15, 0.2) is 349 Å². The Morgan fingerprint density at radius 3 is 1.02 bits per heavy atom. The molecule has 0 saturated carbocycles. The number of rotatable bonds is 10. The van der Waals surface area contributed by atoms with Gasteiger partial charge in [-0.05, 0) is 231 Å². The Labute approximate surface area is 711 Å². The lowest BCUT2D eigenvalue weighted by Crippen LogP contribution is -2.41. The zero-order valence-electron chi connectivity index (χ0n) is 67.7. The van der Waals surface area contributed by atoms with Crippen LogP contribution in [0.1, 0.15) is 55.4 Å². The predicted molar refractivity (Wildman–Crippen MR) is 491 cm³/mol. The number of hydrogen-bond acceptors (Lipinski definition) is 14. The first kappa shape index (κ1) is 78.9. The minimum atomic E-state index is -0.443. The fraction of sp³-hybridized carbons (Fsp3) is 0.118. The van der Waals surface area contributed by atoms with Crippen molar-refractivity contribution >= 4 is 126 Å². The number of nitrogens with zero attached hydrogens (tertiary/aromatic N) is 8. The van der Waals surface area contributed by atoms with E-state index in [1.165, 1.54) is 0 Å². The third-order valence-electron chi connectivity index (χ3n) is 23.3. The van der Waals surface area contributed by atoms with Crippen molar-refractivity contribution < 1.29 is 32.2 Å². The molecule has 2 fully saturated rings. The molecule has 0 radical (unpaired) electrons. The lowest BCUT2D eigenvalue weighted by molar-refractivity contribution is 0.00578. The molecule has 4 aromatic heterocycles. The summed E-state index contributed by atoms with van der Waals surface area (Å²) in [5, 5.41) is 4.61. The molecule has 18 aromatic rings. The summed E-state index contributed by atoms with van der Waals surface area (Å²) in [6, 6.07) is 118. The van der Waals surface area contributed by atoms with Crippen LogP contribution >= 0.6 is 23.2 Å². The molecule has 21 rings (SSSR count). The first-order valence-electron chi connectivity index (χ1n) is 40.1. The van der Waals surface area contributed by atoms with Gasteiger partial charge in [-0.25, -0.2) is 15.0 Å². The lowest BCUT2D eigenvalue weighted by Gasteiger charge is -2.32. The molecule has 3 aliphatic heterocycles. The van der Waals surface area contributed by atoms with Crippen molar-refractivity contribution in [1.29, 1.82) is 0 Å². The Morgan fingerprint density at radius 2 is 0.570 bits per heavy atom. The van der Waals surface area contributed by atoms with Gasteiger partial charge in [-0.2, -0.15) is 15.0 Å². The topological polar surface area (TPSA) is 147 Å². The van der Waals surface area contributed by atoms with Crippen molar-refractivity contribution in [3.63, 3.8) is 0 Å². The van der Waals surface area contributed by atoms with Crippen LogP contribution in [0.2, 0.25) is 10.6 Å². The molecule has 0 atom stereocenters. The van der Waals surface area contributed by atoms with E-state index in [-0.39, 0.29) is 15.3 Å². The molecule has 0 spiro atoms. The van der Waals surface area contributed by atoms with Crippen molar-refractivity contribution in [3.8, 4) is 90.1 Å². The van der Waals surface area contributed by atoms with Gasteiger partial charge in [0.1, 0.15) is 22.3 Å². The molecule has 592 valence electrons. The van der Waals surface area contributed by atoms with E-state index in [1.807, 2.05) is 84.9 Å². The summed E-state index contributed by atoms with van der Waals surface area (Å²) < 4.78 is 38.5. The zero-order chi connectivity index (χ0) is 82.0. The van der Waals surface area contributed by atoms with Crippen molar-refractivity contribution in [1.82, 2.24) is 29.9 Å². The van der Waals surface area contributed by atoms with Gasteiger partial charge in [0.2, 0.25) is 10.6 Å². The van der Waals surface area contributed by atoms with Crippen LogP contribution < -0.4 is 20.7 Å². The van der Waals surface area contributed by atoms with Crippen molar-refractivity contribution in [2.24, 2.45) is 0 Å². The summed E-state index contributed by atoms with van der Waals surface area (Å²) in [5.41, 5.74) is 22.2. The number of halogens is 3. The third-order valence-corrected chi connectivity index (χ3v) is 23.7. The first-order valence-corrected chi connectivity index (χ1v) is 40.8. The highest BCUT2D eigenvalue weighted by Crippen LogP contribution is 2.46. The van der Waals surface area contributed by atoms with E-state index < -0.39 is 36.6 Å². The Bertz CT molecular complexity index is 6670. The van der Waals surface area contributed by atoms with E-state index >= 15 is 0 Å². The highest BCUT2D eigenvalue weighted by molar-refractivity contribution is 6.62. The third kappa shape index (κ3) is 15.8. The van der Waals surface area contributed by atoms with Crippen LogP contribution in [0.3, 0.4) is 0 Å². The Morgan fingerprint density at radius 1 is 0.256 bits per heavy atom. The Hall–Kier alpha value is -13.2. The van der Waals surface area contributed by atoms with E-state index in [0.717, 1.165) is 156 Å². The molecular weight excluding hydrogens is 1540 g/mol. The number of benzene rings is 14. The maximum atomic E-state index is 6.42. The van der Waals surface area contributed by atoms with Crippen LogP contribution in [-0.2, 0) is 18.6 Å². The second-order valence-corrected chi connectivity index (χ2v) is 32.9. The number of aromatic nitrogens is 6. The molecule has 0 aliphatic carbocycles. The summed E-state index contributed by atoms with van der Waals surface area (Å²) in [7, 11) is -0.887. The smallest absolute Gasteiger partial charge is 0.456 e. The van der Waals surface area contributed by atoms with Gasteiger partial charge in [0.25, 0.3) is 0 Å². The quantitative estimate of drug-likeness (QED) is 0.120. The second-order valence-electron chi connectivity index (χ2n) is 32.3. The molecular formula is C102H81B2Cl2FN8O6. The average Bonchev–Trinajstić information content (AvgIpc) is 1.70. The largest absolute Gasteiger partial charge is 0.494 e. The van der Waals surface area contributed by atoms with Gasteiger partial charge < -0.3 is 37.3 Å². The molecule has 7 heterocycles. The van der Waals surface area contributed by atoms with Gasteiger partial charge in [0, 0.05) is 90.1 Å². The van der Waals surface area contributed by atoms with E-state index in [9.17, 15) is 0 Å². The van der Waals surface area contributed by atoms with Crippen LogP contribution in [0.4, 0.5) is 38.8 Å². The summed E-state index contributed by atoms with van der Waals surface area (Å²) in [6.45, 7) is 16.7. The summed E-state index contributed by atoms with van der Waals surface area (Å²) >= 11 is 11.3. The monoisotopic (exact) mass is 1620 g/mol.